The zero-order valence-electron chi connectivity index (χ0n) is 14.6. The Hall–Kier alpha value is -2.67. The lowest BCUT2D eigenvalue weighted by Gasteiger charge is -2.03. The number of aromatic nitrogens is 5. The van der Waals surface area contributed by atoms with E-state index in [1.807, 2.05) is 48.0 Å². The smallest absolute Gasteiger partial charge is 0.149 e. The number of fused-ring (bicyclic) bond motifs is 1. The molecular formula is C20H13Cl2N5S. The molecule has 0 aliphatic rings. The van der Waals surface area contributed by atoms with E-state index in [4.69, 9.17) is 28.2 Å². The van der Waals surface area contributed by atoms with E-state index in [1.54, 1.807) is 29.8 Å². The van der Waals surface area contributed by atoms with Crippen molar-refractivity contribution in [1.82, 2.24) is 24.6 Å². The molecule has 0 fully saturated rings. The number of aryl methyl sites for hydroxylation is 1. The van der Waals surface area contributed by atoms with Crippen molar-refractivity contribution in [2.24, 2.45) is 0 Å². The molecule has 5 nitrogen and oxygen atoms in total. The van der Waals surface area contributed by atoms with Gasteiger partial charge in [-0.05, 0) is 37.3 Å². The molecule has 0 atom stereocenters. The van der Waals surface area contributed by atoms with Gasteiger partial charge in [-0.2, -0.15) is 5.10 Å². The second-order valence-electron chi connectivity index (χ2n) is 6.25. The zero-order valence-corrected chi connectivity index (χ0v) is 17.0. The Morgan fingerprint density at radius 2 is 2.04 bits per heavy atom. The van der Waals surface area contributed by atoms with Crippen LogP contribution >= 0.6 is 34.5 Å². The van der Waals surface area contributed by atoms with E-state index in [2.05, 4.69) is 15.1 Å². The highest BCUT2D eigenvalue weighted by Gasteiger charge is 2.22. The van der Waals surface area contributed by atoms with Gasteiger partial charge < -0.3 is 4.98 Å². The first-order valence-electron chi connectivity index (χ1n) is 8.52. The maximum atomic E-state index is 6.49. The number of nitrogens with zero attached hydrogens (tertiary/aromatic N) is 4. The summed E-state index contributed by atoms with van der Waals surface area (Å²) in [6.07, 6.45) is 5.45. The van der Waals surface area contributed by atoms with Gasteiger partial charge in [-0.15, -0.1) is 11.3 Å². The molecule has 0 aliphatic heterocycles. The summed E-state index contributed by atoms with van der Waals surface area (Å²) in [5.41, 5.74) is 4.52. The maximum absolute atomic E-state index is 6.49. The van der Waals surface area contributed by atoms with E-state index < -0.39 is 0 Å². The van der Waals surface area contributed by atoms with Gasteiger partial charge in [0.2, 0.25) is 0 Å². The van der Waals surface area contributed by atoms with Crippen LogP contribution in [-0.4, -0.2) is 24.6 Å². The van der Waals surface area contributed by atoms with Crippen LogP contribution in [0.25, 0.3) is 38.0 Å². The van der Waals surface area contributed by atoms with Gasteiger partial charge in [0.25, 0.3) is 0 Å². The van der Waals surface area contributed by atoms with Gasteiger partial charge >= 0.3 is 0 Å². The standard InChI is InChI=1S/C20H13Cl2N5S/c1-11-16(15-4-2-3-9-27(15)26-11)20-25-17(13-6-5-12(21)10-14(13)22)18(28-20)19-23-7-8-24-19/h2-10H,1H3,(H,23,24). The van der Waals surface area contributed by atoms with E-state index in [0.29, 0.717) is 10.0 Å². The van der Waals surface area contributed by atoms with Crippen molar-refractivity contribution in [3.63, 3.8) is 0 Å². The molecule has 138 valence electrons. The van der Waals surface area contributed by atoms with Crippen molar-refractivity contribution in [3.8, 4) is 32.5 Å². The van der Waals surface area contributed by atoms with E-state index >= 15 is 0 Å². The number of thiazole rings is 1. The van der Waals surface area contributed by atoms with E-state index in [0.717, 1.165) is 43.7 Å². The van der Waals surface area contributed by atoms with Crippen LogP contribution in [0.3, 0.4) is 0 Å². The predicted octanol–water partition coefficient (Wildman–Crippen LogP) is 6.13. The normalized spacial score (nSPS) is 11.4. The molecule has 0 amide bonds. The SMILES string of the molecule is Cc1nn2ccccc2c1-c1nc(-c2ccc(Cl)cc2Cl)c(-c2ncc[nH]2)s1. The number of imidazole rings is 1. The summed E-state index contributed by atoms with van der Waals surface area (Å²) in [7, 11) is 0. The minimum atomic E-state index is 0.550. The lowest BCUT2D eigenvalue weighted by molar-refractivity contribution is 0.934. The summed E-state index contributed by atoms with van der Waals surface area (Å²) in [6, 6.07) is 11.4. The van der Waals surface area contributed by atoms with Crippen LogP contribution in [0.5, 0.6) is 0 Å². The first-order chi connectivity index (χ1) is 13.6. The second-order valence-corrected chi connectivity index (χ2v) is 8.09. The Bertz CT molecular complexity index is 1300. The van der Waals surface area contributed by atoms with Crippen LogP contribution in [0.15, 0.2) is 55.0 Å². The van der Waals surface area contributed by atoms with Crippen LogP contribution in [0.1, 0.15) is 5.69 Å². The summed E-state index contributed by atoms with van der Waals surface area (Å²) in [6.45, 7) is 1.99. The lowest BCUT2D eigenvalue weighted by Crippen LogP contribution is -1.86. The molecule has 4 aromatic heterocycles. The molecule has 0 bridgehead atoms. The van der Waals surface area contributed by atoms with Crippen LogP contribution in [0, 0.1) is 6.92 Å². The fraction of sp³-hybridized carbons (Fsp3) is 0.0500. The van der Waals surface area contributed by atoms with Gasteiger partial charge in [0, 0.05) is 29.2 Å². The number of pyridine rings is 1. The number of H-pyrrole nitrogens is 1. The predicted molar refractivity (Wildman–Crippen MR) is 114 cm³/mol. The van der Waals surface area contributed by atoms with Crippen molar-refractivity contribution in [1.29, 1.82) is 0 Å². The number of benzene rings is 1. The number of hydrogen-bond acceptors (Lipinski definition) is 4. The molecule has 5 aromatic rings. The zero-order chi connectivity index (χ0) is 19.3. The van der Waals surface area contributed by atoms with Crippen molar-refractivity contribution in [2.75, 3.05) is 0 Å². The maximum Gasteiger partial charge on any atom is 0.149 e. The van der Waals surface area contributed by atoms with Gasteiger partial charge in [-0.3, -0.25) is 0 Å². The molecule has 0 radical (unpaired) electrons. The van der Waals surface area contributed by atoms with Crippen LogP contribution in [-0.2, 0) is 0 Å². The van der Waals surface area contributed by atoms with Crippen LogP contribution in [0.2, 0.25) is 10.0 Å². The molecule has 0 spiro atoms. The lowest BCUT2D eigenvalue weighted by atomic mass is 10.1. The van der Waals surface area contributed by atoms with Crippen molar-refractivity contribution in [2.45, 2.75) is 6.92 Å². The molecular weight excluding hydrogens is 413 g/mol. The molecule has 0 unspecified atom stereocenters. The van der Waals surface area contributed by atoms with E-state index in [9.17, 15) is 0 Å². The third-order valence-corrected chi connectivity index (χ3v) is 6.08. The first kappa shape index (κ1) is 17.4. The minimum absolute atomic E-state index is 0.550. The molecule has 5 rings (SSSR count). The Balaban J connectivity index is 1.78. The van der Waals surface area contributed by atoms with E-state index in [1.165, 1.54) is 0 Å². The van der Waals surface area contributed by atoms with E-state index in [-0.39, 0.29) is 0 Å². The fourth-order valence-corrected chi connectivity index (χ4v) is 4.87. The summed E-state index contributed by atoms with van der Waals surface area (Å²) in [4.78, 5) is 13.5. The Morgan fingerprint density at radius 3 is 2.82 bits per heavy atom. The summed E-state index contributed by atoms with van der Waals surface area (Å²) >= 11 is 14.1. The first-order valence-corrected chi connectivity index (χ1v) is 10.1. The minimum Gasteiger partial charge on any atom is -0.344 e. The summed E-state index contributed by atoms with van der Waals surface area (Å²) in [5, 5.41) is 6.61. The van der Waals surface area contributed by atoms with Crippen LogP contribution in [0.4, 0.5) is 0 Å². The number of aromatic amines is 1. The third-order valence-electron chi connectivity index (χ3n) is 4.46. The average molecular weight is 426 g/mol. The topological polar surface area (TPSA) is 58.9 Å². The van der Waals surface area contributed by atoms with Crippen molar-refractivity contribution < 1.29 is 0 Å². The third kappa shape index (κ3) is 2.81. The van der Waals surface area contributed by atoms with Crippen LogP contribution < -0.4 is 0 Å². The van der Waals surface area contributed by atoms with Gasteiger partial charge in [0.1, 0.15) is 10.8 Å². The number of nitrogens with one attached hydrogen (secondary N) is 1. The Kier molecular flexibility index (Phi) is 4.19. The highest BCUT2D eigenvalue weighted by atomic mass is 35.5. The van der Waals surface area contributed by atoms with Crippen molar-refractivity contribution >= 4 is 40.1 Å². The molecule has 0 aliphatic carbocycles. The number of hydrogen-bond donors (Lipinski definition) is 1. The molecule has 1 aromatic carbocycles. The Labute approximate surface area is 174 Å². The van der Waals surface area contributed by atoms with Crippen molar-refractivity contribution in [3.05, 3.63) is 70.7 Å². The monoisotopic (exact) mass is 425 g/mol. The van der Waals surface area contributed by atoms with Gasteiger partial charge in [-0.1, -0.05) is 29.3 Å². The average Bonchev–Trinajstić information content (AvgIpc) is 3.38. The molecule has 0 saturated heterocycles. The molecule has 28 heavy (non-hydrogen) atoms. The largest absolute Gasteiger partial charge is 0.344 e. The van der Waals surface area contributed by atoms with Gasteiger partial charge in [0.15, 0.2) is 0 Å². The molecule has 4 heterocycles. The van der Waals surface area contributed by atoms with Gasteiger partial charge in [-0.25, -0.2) is 14.5 Å². The fourth-order valence-electron chi connectivity index (χ4n) is 3.22. The number of rotatable bonds is 3. The quantitative estimate of drug-likeness (QED) is 0.378. The summed E-state index contributed by atoms with van der Waals surface area (Å²) in [5.74, 6) is 0.749. The highest BCUT2D eigenvalue weighted by Crippen LogP contribution is 2.43. The highest BCUT2D eigenvalue weighted by molar-refractivity contribution is 7.19. The summed E-state index contributed by atoms with van der Waals surface area (Å²) < 4.78 is 1.87. The van der Waals surface area contributed by atoms with Gasteiger partial charge in [0.05, 0.1) is 32.4 Å². The molecule has 0 saturated carbocycles. The molecule has 8 heteroatoms. The molecule has 1 N–H and O–H groups in total. The Morgan fingerprint density at radius 1 is 1.14 bits per heavy atom. The number of halogens is 2. The second kappa shape index (κ2) is 6.74.